The number of nitrogens with zero attached hydrogens (tertiary/aromatic N) is 1. The lowest BCUT2D eigenvalue weighted by atomic mass is 9.84. The number of hydrogen-bond acceptors (Lipinski definition) is 2. The molecule has 118 valence electrons. The molecule has 0 unspecified atom stereocenters. The van der Waals surface area contributed by atoms with Crippen LogP contribution in [0.2, 0.25) is 0 Å². The van der Waals surface area contributed by atoms with Crippen molar-refractivity contribution in [3.63, 3.8) is 0 Å². The lowest BCUT2D eigenvalue weighted by molar-refractivity contribution is -0.109. The van der Waals surface area contributed by atoms with Gasteiger partial charge in [-0.15, -0.1) is 0 Å². The molecule has 0 atom stereocenters. The predicted octanol–water partition coefficient (Wildman–Crippen LogP) is 3.63. The van der Waals surface area contributed by atoms with Gasteiger partial charge in [0.05, 0.1) is 11.0 Å². The molecule has 1 saturated carbocycles. The Morgan fingerprint density at radius 3 is 2.82 bits per heavy atom. The minimum atomic E-state index is -0.0982. The first-order chi connectivity index (χ1) is 10.6. The zero-order chi connectivity index (χ0) is 15.6. The van der Waals surface area contributed by atoms with Crippen molar-refractivity contribution in [2.75, 3.05) is 6.54 Å². The Morgan fingerprint density at radius 1 is 1.32 bits per heavy atom. The number of rotatable bonds is 5. The summed E-state index contributed by atoms with van der Waals surface area (Å²) in [6.45, 7) is 4.90. The lowest BCUT2D eigenvalue weighted by Crippen LogP contribution is -2.32. The number of fused-ring (bicyclic) bond motifs is 1. The van der Waals surface area contributed by atoms with E-state index in [1.165, 1.54) is 37.7 Å². The summed E-state index contributed by atoms with van der Waals surface area (Å²) in [7, 11) is 0. The van der Waals surface area contributed by atoms with E-state index in [1.807, 2.05) is 0 Å². The van der Waals surface area contributed by atoms with Crippen molar-refractivity contribution in [2.24, 2.45) is 0 Å². The van der Waals surface area contributed by atoms with Gasteiger partial charge in [-0.1, -0.05) is 39.2 Å². The molecule has 4 heteroatoms. The molecule has 0 spiro atoms. The van der Waals surface area contributed by atoms with E-state index >= 15 is 0 Å². The summed E-state index contributed by atoms with van der Waals surface area (Å²) in [4.78, 5) is 18.9. The zero-order valence-electron chi connectivity index (χ0n) is 13.5. The minimum absolute atomic E-state index is 0.0982. The third-order valence-corrected chi connectivity index (χ3v) is 4.90. The van der Waals surface area contributed by atoms with Crippen LogP contribution in [-0.2, 0) is 10.2 Å². The van der Waals surface area contributed by atoms with E-state index < -0.39 is 0 Å². The molecule has 0 bridgehead atoms. The number of H-pyrrole nitrogens is 1. The smallest absolute Gasteiger partial charge is 0.207 e. The van der Waals surface area contributed by atoms with Gasteiger partial charge in [0.2, 0.25) is 6.41 Å². The van der Waals surface area contributed by atoms with Crippen molar-refractivity contribution in [1.82, 2.24) is 15.3 Å². The Labute approximate surface area is 131 Å². The van der Waals surface area contributed by atoms with Crippen LogP contribution < -0.4 is 5.32 Å². The van der Waals surface area contributed by atoms with Gasteiger partial charge in [0, 0.05) is 17.9 Å². The fraction of sp³-hybridized carbons (Fsp3) is 0.556. The van der Waals surface area contributed by atoms with Crippen LogP contribution >= 0.6 is 0 Å². The van der Waals surface area contributed by atoms with Crippen LogP contribution in [0.5, 0.6) is 0 Å². The summed E-state index contributed by atoms with van der Waals surface area (Å²) in [5, 5.41) is 2.78. The SMILES string of the molecule is CC(C)(CNC=O)c1ccc2[nH]c(C3CCCCC3)nc2c1. The van der Waals surface area contributed by atoms with E-state index in [2.05, 4.69) is 42.3 Å². The lowest BCUT2D eigenvalue weighted by Gasteiger charge is -2.24. The summed E-state index contributed by atoms with van der Waals surface area (Å²) in [5.74, 6) is 1.74. The molecule has 1 aliphatic rings. The van der Waals surface area contributed by atoms with E-state index in [0.29, 0.717) is 12.5 Å². The Morgan fingerprint density at radius 2 is 2.09 bits per heavy atom. The van der Waals surface area contributed by atoms with Crippen LogP contribution in [0.3, 0.4) is 0 Å². The Balaban J connectivity index is 1.87. The normalized spacial score (nSPS) is 16.8. The maximum absolute atomic E-state index is 10.5. The summed E-state index contributed by atoms with van der Waals surface area (Å²) >= 11 is 0. The highest BCUT2D eigenvalue weighted by Gasteiger charge is 2.22. The van der Waals surface area contributed by atoms with E-state index in [-0.39, 0.29) is 5.41 Å². The highest BCUT2D eigenvalue weighted by Crippen LogP contribution is 2.33. The molecule has 1 aliphatic carbocycles. The quantitative estimate of drug-likeness (QED) is 0.828. The number of carbonyl (C=O) groups is 1. The average molecular weight is 299 g/mol. The van der Waals surface area contributed by atoms with Gasteiger partial charge < -0.3 is 10.3 Å². The summed E-state index contributed by atoms with van der Waals surface area (Å²) in [5.41, 5.74) is 3.26. The summed E-state index contributed by atoms with van der Waals surface area (Å²) in [6.07, 6.45) is 7.26. The van der Waals surface area contributed by atoms with E-state index in [1.54, 1.807) is 0 Å². The van der Waals surface area contributed by atoms with Crippen LogP contribution in [0.25, 0.3) is 11.0 Å². The largest absolute Gasteiger partial charge is 0.358 e. The fourth-order valence-corrected chi connectivity index (χ4v) is 3.41. The average Bonchev–Trinajstić information content (AvgIpc) is 2.97. The van der Waals surface area contributed by atoms with E-state index in [0.717, 1.165) is 23.3 Å². The number of hydrogen-bond donors (Lipinski definition) is 2. The van der Waals surface area contributed by atoms with Gasteiger partial charge in [-0.3, -0.25) is 4.79 Å². The number of benzene rings is 1. The molecule has 0 radical (unpaired) electrons. The molecule has 0 saturated heterocycles. The maximum atomic E-state index is 10.5. The molecule has 0 aliphatic heterocycles. The molecule has 1 fully saturated rings. The monoisotopic (exact) mass is 299 g/mol. The first-order valence-corrected chi connectivity index (χ1v) is 8.27. The molecule has 1 aromatic carbocycles. The van der Waals surface area contributed by atoms with Crippen LogP contribution in [-0.4, -0.2) is 22.9 Å². The summed E-state index contributed by atoms with van der Waals surface area (Å²) < 4.78 is 0. The minimum Gasteiger partial charge on any atom is -0.358 e. The van der Waals surface area contributed by atoms with Gasteiger partial charge in [0.1, 0.15) is 5.82 Å². The highest BCUT2D eigenvalue weighted by molar-refractivity contribution is 5.76. The number of nitrogens with one attached hydrogen (secondary N) is 2. The first kappa shape index (κ1) is 15.1. The standard InChI is InChI=1S/C18H25N3O/c1-18(2,11-19-12-22)14-8-9-15-16(10-14)21-17(20-15)13-6-4-3-5-7-13/h8-10,12-13H,3-7,11H2,1-2H3,(H,19,22)(H,20,21). The van der Waals surface area contributed by atoms with Gasteiger partial charge in [0.25, 0.3) is 0 Å². The second-order valence-electron chi connectivity index (χ2n) is 7.07. The molecule has 4 nitrogen and oxygen atoms in total. The van der Waals surface area contributed by atoms with Crippen molar-refractivity contribution in [1.29, 1.82) is 0 Å². The van der Waals surface area contributed by atoms with Crippen molar-refractivity contribution in [2.45, 2.75) is 57.3 Å². The Bertz CT molecular complexity index is 653. The molecule has 3 rings (SSSR count). The van der Waals surface area contributed by atoms with Crippen molar-refractivity contribution in [3.8, 4) is 0 Å². The van der Waals surface area contributed by atoms with Crippen LogP contribution in [0.15, 0.2) is 18.2 Å². The van der Waals surface area contributed by atoms with E-state index in [4.69, 9.17) is 4.98 Å². The van der Waals surface area contributed by atoms with Crippen molar-refractivity contribution >= 4 is 17.4 Å². The van der Waals surface area contributed by atoms with Crippen molar-refractivity contribution in [3.05, 3.63) is 29.6 Å². The van der Waals surface area contributed by atoms with Gasteiger partial charge in [-0.05, 0) is 30.5 Å². The van der Waals surface area contributed by atoms with Crippen molar-refractivity contribution < 1.29 is 4.79 Å². The number of amides is 1. The fourth-order valence-electron chi connectivity index (χ4n) is 3.41. The second kappa shape index (κ2) is 6.11. The first-order valence-electron chi connectivity index (χ1n) is 8.27. The number of aromatic amines is 1. The third-order valence-electron chi connectivity index (χ3n) is 4.90. The molecule has 1 amide bonds. The summed E-state index contributed by atoms with van der Waals surface area (Å²) in [6, 6.07) is 6.41. The number of aromatic nitrogens is 2. The Hall–Kier alpha value is -1.84. The third kappa shape index (κ3) is 3.01. The number of imidazole rings is 1. The highest BCUT2D eigenvalue weighted by atomic mass is 16.1. The zero-order valence-corrected chi connectivity index (χ0v) is 13.5. The van der Waals surface area contributed by atoms with Gasteiger partial charge in [-0.25, -0.2) is 4.98 Å². The van der Waals surface area contributed by atoms with Crippen LogP contribution in [0.4, 0.5) is 0 Å². The van der Waals surface area contributed by atoms with Gasteiger partial charge >= 0.3 is 0 Å². The second-order valence-corrected chi connectivity index (χ2v) is 7.07. The van der Waals surface area contributed by atoms with E-state index in [9.17, 15) is 4.79 Å². The molecule has 1 aromatic heterocycles. The molecular formula is C18H25N3O. The molecule has 2 aromatic rings. The molecule has 22 heavy (non-hydrogen) atoms. The Kier molecular flexibility index (Phi) is 4.19. The predicted molar refractivity (Wildman–Crippen MR) is 89.0 cm³/mol. The molecule has 2 N–H and O–H groups in total. The number of carbonyl (C=O) groups excluding carboxylic acids is 1. The van der Waals surface area contributed by atoms with Crippen LogP contribution in [0.1, 0.15) is 63.3 Å². The van der Waals surface area contributed by atoms with Crippen LogP contribution in [0, 0.1) is 0 Å². The van der Waals surface area contributed by atoms with Gasteiger partial charge in [0.15, 0.2) is 0 Å². The maximum Gasteiger partial charge on any atom is 0.207 e. The topological polar surface area (TPSA) is 57.8 Å². The van der Waals surface area contributed by atoms with Gasteiger partial charge in [-0.2, -0.15) is 0 Å². The molecular weight excluding hydrogens is 274 g/mol. The molecule has 1 heterocycles.